The molecule has 0 unspecified atom stereocenters. The van der Waals surface area contributed by atoms with Crippen LogP contribution in [0.1, 0.15) is 30.0 Å². The van der Waals surface area contributed by atoms with Gasteiger partial charge in [0, 0.05) is 11.1 Å². The Balaban J connectivity index is 2.69. The van der Waals surface area contributed by atoms with Gasteiger partial charge in [-0.2, -0.15) is 0 Å². The molecule has 2 aromatic rings. The molecule has 0 atom stereocenters. The molecule has 0 spiro atoms. The largest absolute Gasteiger partial charge is 0.383 e. The number of halogens is 1. The van der Waals surface area contributed by atoms with Crippen molar-refractivity contribution in [1.29, 1.82) is 0 Å². The van der Waals surface area contributed by atoms with Crippen LogP contribution in [-0.4, -0.2) is 9.97 Å². The van der Waals surface area contributed by atoms with Crippen LogP contribution in [0.5, 0.6) is 0 Å². The summed E-state index contributed by atoms with van der Waals surface area (Å²) in [4.78, 5) is 8.25. The zero-order valence-electron chi connectivity index (χ0n) is 11.5. The third-order valence-electron chi connectivity index (χ3n) is 3.15. The topological polar surface area (TPSA) is 51.8 Å². The third kappa shape index (κ3) is 2.57. The van der Waals surface area contributed by atoms with Gasteiger partial charge in [0.05, 0.1) is 5.69 Å². The van der Waals surface area contributed by atoms with E-state index in [0.29, 0.717) is 17.1 Å². The summed E-state index contributed by atoms with van der Waals surface area (Å²) < 4.78 is 14.2. The first-order valence-electron chi connectivity index (χ1n) is 6.41. The van der Waals surface area contributed by atoms with Crippen LogP contribution >= 0.6 is 0 Å². The Kier molecular flexibility index (Phi) is 3.79. The summed E-state index contributed by atoms with van der Waals surface area (Å²) in [6.45, 7) is 5.81. The molecule has 2 rings (SSSR count). The molecule has 4 heteroatoms. The minimum atomic E-state index is -0.257. The molecule has 0 bridgehead atoms. The number of benzene rings is 1. The maximum atomic E-state index is 14.2. The van der Waals surface area contributed by atoms with E-state index >= 15 is 0 Å². The fraction of sp³-hybridized carbons (Fsp3) is 0.333. The molecule has 0 saturated heterocycles. The third-order valence-corrected chi connectivity index (χ3v) is 3.15. The summed E-state index contributed by atoms with van der Waals surface area (Å²) in [5.41, 5.74) is 9.65. The number of hydrogen-bond acceptors (Lipinski definition) is 3. The predicted molar refractivity (Wildman–Crippen MR) is 75.3 cm³/mol. The lowest BCUT2D eigenvalue weighted by Crippen LogP contribution is -2.04. The summed E-state index contributed by atoms with van der Waals surface area (Å²) in [6.07, 6.45) is 3.05. The van der Waals surface area contributed by atoms with Gasteiger partial charge in [0.1, 0.15) is 18.0 Å². The number of aryl methyl sites for hydroxylation is 2. The molecule has 0 amide bonds. The first-order valence-corrected chi connectivity index (χ1v) is 6.41. The van der Waals surface area contributed by atoms with Gasteiger partial charge in [0.2, 0.25) is 0 Å². The Morgan fingerprint density at radius 3 is 2.58 bits per heavy atom. The molecule has 0 saturated carbocycles. The van der Waals surface area contributed by atoms with Crippen molar-refractivity contribution in [3.05, 3.63) is 41.0 Å². The predicted octanol–water partition coefficient (Wildman–Crippen LogP) is 3.43. The quantitative estimate of drug-likeness (QED) is 0.918. The molecule has 1 aromatic carbocycles. The zero-order valence-corrected chi connectivity index (χ0v) is 11.5. The normalized spacial score (nSPS) is 10.7. The molecule has 100 valence electrons. The lowest BCUT2D eigenvalue weighted by atomic mass is 9.97. The standard InChI is InChI=1S/C15H18FN3/c1-4-5-11-14(18-8-19-15(11)17)13-10(3)6-9(2)7-12(13)16/h6-8H,4-5H2,1-3H3,(H2,17,18,19). The molecular formula is C15H18FN3. The van der Waals surface area contributed by atoms with Crippen molar-refractivity contribution >= 4 is 5.82 Å². The van der Waals surface area contributed by atoms with Gasteiger partial charge in [-0.3, -0.25) is 0 Å². The Labute approximate surface area is 112 Å². The van der Waals surface area contributed by atoms with Crippen molar-refractivity contribution < 1.29 is 4.39 Å². The molecule has 0 aliphatic heterocycles. The number of hydrogen-bond donors (Lipinski definition) is 1. The average molecular weight is 259 g/mol. The second-order valence-electron chi connectivity index (χ2n) is 4.77. The highest BCUT2D eigenvalue weighted by molar-refractivity contribution is 5.71. The van der Waals surface area contributed by atoms with Gasteiger partial charge in [-0.1, -0.05) is 19.4 Å². The van der Waals surface area contributed by atoms with Crippen LogP contribution in [0.3, 0.4) is 0 Å². The van der Waals surface area contributed by atoms with E-state index in [-0.39, 0.29) is 5.82 Å². The van der Waals surface area contributed by atoms with Gasteiger partial charge < -0.3 is 5.73 Å². The molecule has 1 aromatic heterocycles. The first-order chi connectivity index (χ1) is 9.04. The monoisotopic (exact) mass is 259 g/mol. The van der Waals surface area contributed by atoms with Crippen molar-refractivity contribution in [2.75, 3.05) is 5.73 Å². The van der Waals surface area contributed by atoms with Crippen LogP contribution in [0.4, 0.5) is 10.2 Å². The van der Waals surface area contributed by atoms with E-state index in [9.17, 15) is 4.39 Å². The van der Waals surface area contributed by atoms with E-state index < -0.39 is 0 Å². The molecule has 19 heavy (non-hydrogen) atoms. The van der Waals surface area contributed by atoms with Crippen LogP contribution in [0, 0.1) is 19.7 Å². The molecule has 0 aliphatic carbocycles. The highest BCUT2D eigenvalue weighted by Gasteiger charge is 2.16. The van der Waals surface area contributed by atoms with Gasteiger partial charge in [-0.25, -0.2) is 14.4 Å². The Bertz CT molecular complexity index is 585. The Morgan fingerprint density at radius 2 is 1.95 bits per heavy atom. The summed E-state index contributed by atoms with van der Waals surface area (Å²) in [5, 5.41) is 0. The van der Waals surface area contributed by atoms with Gasteiger partial charge >= 0.3 is 0 Å². The highest BCUT2D eigenvalue weighted by atomic mass is 19.1. The molecule has 1 heterocycles. The summed E-state index contributed by atoms with van der Waals surface area (Å²) in [6, 6.07) is 3.47. The van der Waals surface area contributed by atoms with E-state index in [1.807, 2.05) is 19.9 Å². The van der Waals surface area contributed by atoms with Crippen LogP contribution in [0.25, 0.3) is 11.3 Å². The smallest absolute Gasteiger partial charge is 0.133 e. The van der Waals surface area contributed by atoms with Gasteiger partial charge in [0.25, 0.3) is 0 Å². The van der Waals surface area contributed by atoms with Crippen molar-refractivity contribution in [3.8, 4) is 11.3 Å². The van der Waals surface area contributed by atoms with Crippen LogP contribution in [0.15, 0.2) is 18.5 Å². The SMILES string of the molecule is CCCc1c(N)ncnc1-c1c(C)cc(C)cc1F. The summed E-state index contributed by atoms with van der Waals surface area (Å²) in [5.74, 6) is 0.180. The van der Waals surface area contributed by atoms with Crippen molar-refractivity contribution in [2.24, 2.45) is 0 Å². The number of nitrogens with two attached hydrogens (primary N) is 1. The maximum absolute atomic E-state index is 14.2. The van der Waals surface area contributed by atoms with Crippen molar-refractivity contribution in [1.82, 2.24) is 9.97 Å². The van der Waals surface area contributed by atoms with Crippen molar-refractivity contribution in [3.63, 3.8) is 0 Å². The second kappa shape index (κ2) is 5.34. The van der Waals surface area contributed by atoms with Gasteiger partial charge in [-0.15, -0.1) is 0 Å². The van der Waals surface area contributed by atoms with Crippen LogP contribution in [-0.2, 0) is 6.42 Å². The number of nitrogens with zero attached hydrogens (tertiary/aromatic N) is 2. The number of aromatic nitrogens is 2. The molecule has 3 nitrogen and oxygen atoms in total. The van der Waals surface area contributed by atoms with Gasteiger partial charge in [0.15, 0.2) is 0 Å². The average Bonchev–Trinajstić information content (AvgIpc) is 2.32. The summed E-state index contributed by atoms with van der Waals surface area (Å²) >= 11 is 0. The fourth-order valence-corrected chi connectivity index (χ4v) is 2.35. The minimum Gasteiger partial charge on any atom is -0.383 e. The lowest BCUT2D eigenvalue weighted by molar-refractivity contribution is 0.628. The highest BCUT2D eigenvalue weighted by Crippen LogP contribution is 2.31. The van der Waals surface area contributed by atoms with Gasteiger partial charge in [-0.05, 0) is 37.5 Å². The fourth-order valence-electron chi connectivity index (χ4n) is 2.35. The molecule has 2 N–H and O–H groups in total. The van der Waals surface area contributed by atoms with Crippen LogP contribution in [0.2, 0.25) is 0 Å². The lowest BCUT2D eigenvalue weighted by Gasteiger charge is -2.13. The van der Waals surface area contributed by atoms with Crippen LogP contribution < -0.4 is 5.73 Å². The Hall–Kier alpha value is -1.97. The Morgan fingerprint density at radius 1 is 1.21 bits per heavy atom. The van der Waals surface area contributed by atoms with E-state index in [2.05, 4.69) is 16.9 Å². The van der Waals surface area contributed by atoms with E-state index in [1.54, 1.807) is 0 Å². The van der Waals surface area contributed by atoms with E-state index in [1.165, 1.54) is 12.4 Å². The second-order valence-corrected chi connectivity index (χ2v) is 4.77. The number of nitrogen functional groups attached to an aromatic ring is 1. The van der Waals surface area contributed by atoms with E-state index in [4.69, 9.17) is 5.73 Å². The minimum absolute atomic E-state index is 0.257. The molecular weight excluding hydrogens is 241 g/mol. The molecule has 0 aliphatic rings. The van der Waals surface area contributed by atoms with E-state index in [0.717, 1.165) is 29.5 Å². The molecule has 0 fully saturated rings. The zero-order chi connectivity index (χ0) is 14.0. The maximum Gasteiger partial charge on any atom is 0.133 e. The summed E-state index contributed by atoms with van der Waals surface area (Å²) in [7, 11) is 0. The first kappa shape index (κ1) is 13.5. The molecule has 0 radical (unpaired) electrons. The number of rotatable bonds is 3. The van der Waals surface area contributed by atoms with Crippen molar-refractivity contribution in [2.45, 2.75) is 33.6 Å². The number of anilines is 1.